The predicted molar refractivity (Wildman–Crippen MR) is 86.0 cm³/mol. The summed E-state index contributed by atoms with van der Waals surface area (Å²) in [5, 5.41) is 0.844. The number of halogens is 3. The molecule has 5 heteroatoms. The highest BCUT2D eigenvalue weighted by Crippen LogP contribution is 2.30. The van der Waals surface area contributed by atoms with E-state index >= 15 is 0 Å². The minimum absolute atomic E-state index is 0.0933. The van der Waals surface area contributed by atoms with Gasteiger partial charge in [-0.2, -0.15) is 0 Å². The van der Waals surface area contributed by atoms with Crippen LogP contribution >= 0.6 is 27.5 Å². The van der Waals surface area contributed by atoms with E-state index in [1.54, 1.807) is 12.1 Å². The Labute approximate surface area is 137 Å². The molecule has 21 heavy (non-hydrogen) atoms. The number of hydrogen-bond acceptors (Lipinski definition) is 2. The summed E-state index contributed by atoms with van der Waals surface area (Å²) in [5.74, 6) is 0.918. The molecule has 0 spiro atoms. The van der Waals surface area contributed by atoms with E-state index in [9.17, 15) is 4.39 Å². The molecule has 0 amide bonds. The van der Waals surface area contributed by atoms with Gasteiger partial charge in [0.2, 0.25) is 0 Å². The molecule has 0 saturated heterocycles. The van der Waals surface area contributed by atoms with Crippen LogP contribution in [-0.4, -0.2) is 6.61 Å². The Bertz CT molecular complexity index is 619. The molecular formula is C16H15BrClFO2. The molecule has 2 aromatic carbocycles. The molecule has 0 saturated carbocycles. The van der Waals surface area contributed by atoms with Gasteiger partial charge in [0.15, 0.2) is 11.5 Å². The zero-order chi connectivity index (χ0) is 15.2. The fourth-order valence-corrected chi connectivity index (χ4v) is 2.37. The highest BCUT2D eigenvalue weighted by Gasteiger charge is 2.07. The third-order valence-electron chi connectivity index (χ3n) is 2.84. The lowest BCUT2D eigenvalue weighted by molar-refractivity contribution is 0.269. The molecule has 0 aliphatic carbocycles. The summed E-state index contributed by atoms with van der Waals surface area (Å²) in [4.78, 5) is 0. The summed E-state index contributed by atoms with van der Waals surface area (Å²) in [7, 11) is 0. The van der Waals surface area contributed by atoms with Gasteiger partial charge in [-0.05, 0) is 42.3 Å². The smallest absolute Gasteiger partial charge is 0.161 e. The van der Waals surface area contributed by atoms with Gasteiger partial charge in [-0.25, -0.2) is 4.39 Å². The van der Waals surface area contributed by atoms with Gasteiger partial charge in [0, 0.05) is 5.33 Å². The fraction of sp³-hybridized carbons (Fsp3) is 0.250. The SMILES string of the molecule is CCOc1cc(CBr)ccc1OCc1ccc(F)c(Cl)c1. The summed E-state index contributed by atoms with van der Waals surface area (Å²) in [6, 6.07) is 10.3. The van der Waals surface area contributed by atoms with Crippen LogP contribution in [0.25, 0.3) is 0 Å². The van der Waals surface area contributed by atoms with Crippen LogP contribution < -0.4 is 9.47 Å². The first kappa shape index (κ1) is 16.1. The van der Waals surface area contributed by atoms with E-state index in [0.717, 1.165) is 16.5 Å². The molecule has 112 valence electrons. The molecule has 0 aromatic heterocycles. The first-order valence-corrected chi connectivity index (χ1v) is 8.02. The molecule has 0 aliphatic heterocycles. The molecule has 0 heterocycles. The monoisotopic (exact) mass is 372 g/mol. The van der Waals surface area contributed by atoms with E-state index in [1.165, 1.54) is 6.07 Å². The molecule has 0 unspecified atom stereocenters. The Balaban J connectivity index is 2.13. The Kier molecular flexibility index (Phi) is 5.88. The van der Waals surface area contributed by atoms with Gasteiger partial charge in [0.25, 0.3) is 0 Å². The number of ether oxygens (including phenoxy) is 2. The van der Waals surface area contributed by atoms with Crippen molar-refractivity contribution in [1.82, 2.24) is 0 Å². The average molecular weight is 374 g/mol. The van der Waals surface area contributed by atoms with Gasteiger partial charge < -0.3 is 9.47 Å². The number of hydrogen-bond donors (Lipinski definition) is 0. The second-order valence-electron chi connectivity index (χ2n) is 4.38. The normalized spacial score (nSPS) is 10.5. The summed E-state index contributed by atoms with van der Waals surface area (Å²) >= 11 is 9.17. The van der Waals surface area contributed by atoms with Crippen molar-refractivity contribution in [3.8, 4) is 11.5 Å². The first-order valence-electron chi connectivity index (χ1n) is 6.52. The van der Waals surface area contributed by atoms with Crippen molar-refractivity contribution in [3.63, 3.8) is 0 Å². The van der Waals surface area contributed by atoms with Crippen LogP contribution in [0.1, 0.15) is 18.1 Å². The van der Waals surface area contributed by atoms with Crippen LogP contribution in [0.5, 0.6) is 11.5 Å². The van der Waals surface area contributed by atoms with E-state index in [-0.39, 0.29) is 5.02 Å². The molecule has 0 aliphatic rings. The van der Waals surface area contributed by atoms with Crippen molar-refractivity contribution in [3.05, 3.63) is 58.4 Å². The Morgan fingerprint density at radius 3 is 2.48 bits per heavy atom. The second-order valence-corrected chi connectivity index (χ2v) is 5.35. The van der Waals surface area contributed by atoms with Crippen LogP contribution in [0, 0.1) is 5.82 Å². The van der Waals surface area contributed by atoms with E-state index in [2.05, 4.69) is 15.9 Å². The highest BCUT2D eigenvalue weighted by atomic mass is 79.9. The Morgan fingerprint density at radius 1 is 1.05 bits per heavy atom. The molecule has 0 radical (unpaired) electrons. The third kappa shape index (κ3) is 4.35. The van der Waals surface area contributed by atoms with Crippen molar-refractivity contribution in [2.24, 2.45) is 0 Å². The maximum Gasteiger partial charge on any atom is 0.161 e. The van der Waals surface area contributed by atoms with E-state index < -0.39 is 5.82 Å². The van der Waals surface area contributed by atoms with Crippen LogP contribution in [0.2, 0.25) is 5.02 Å². The summed E-state index contributed by atoms with van der Waals surface area (Å²) in [5.41, 5.74) is 1.91. The van der Waals surface area contributed by atoms with Gasteiger partial charge in [0.05, 0.1) is 11.6 Å². The van der Waals surface area contributed by atoms with Crippen molar-refractivity contribution in [2.45, 2.75) is 18.9 Å². The van der Waals surface area contributed by atoms with Crippen molar-refractivity contribution in [1.29, 1.82) is 0 Å². The van der Waals surface area contributed by atoms with Crippen LogP contribution in [-0.2, 0) is 11.9 Å². The van der Waals surface area contributed by atoms with Gasteiger partial charge in [-0.1, -0.05) is 39.7 Å². The second kappa shape index (κ2) is 7.66. The topological polar surface area (TPSA) is 18.5 Å². The minimum atomic E-state index is -0.433. The van der Waals surface area contributed by atoms with Crippen molar-refractivity contribution >= 4 is 27.5 Å². The molecule has 0 bridgehead atoms. The van der Waals surface area contributed by atoms with E-state index in [4.69, 9.17) is 21.1 Å². The van der Waals surface area contributed by atoms with Crippen molar-refractivity contribution in [2.75, 3.05) is 6.61 Å². The molecule has 0 N–H and O–H groups in total. The standard InChI is InChI=1S/C16H15BrClFO2/c1-2-20-16-8-11(9-17)4-6-15(16)21-10-12-3-5-14(19)13(18)7-12/h3-8H,2,9-10H2,1H3. The minimum Gasteiger partial charge on any atom is -0.490 e. The maximum atomic E-state index is 13.1. The van der Waals surface area contributed by atoms with Gasteiger partial charge in [-0.15, -0.1) is 0 Å². The van der Waals surface area contributed by atoms with E-state index in [0.29, 0.717) is 24.7 Å². The van der Waals surface area contributed by atoms with Gasteiger partial charge >= 0.3 is 0 Å². The van der Waals surface area contributed by atoms with Crippen LogP contribution in [0.15, 0.2) is 36.4 Å². The lowest BCUT2D eigenvalue weighted by Gasteiger charge is -2.13. The lowest BCUT2D eigenvalue weighted by atomic mass is 10.2. The zero-order valence-corrected chi connectivity index (χ0v) is 13.9. The summed E-state index contributed by atoms with van der Waals surface area (Å²) < 4.78 is 24.4. The lowest BCUT2D eigenvalue weighted by Crippen LogP contribution is -2.00. The summed E-state index contributed by atoms with van der Waals surface area (Å²) in [6.45, 7) is 2.78. The fourth-order valence-electron chi connectivity index (χ4n) is 1.81. The molecule has 0 fully saturated rings. The highest BCUT2D eigenvalue weighted by molar-refractivity contribution is 9.08. The molecular weight excluding hydrogens is 359 g/mol. The number of alkyl halides is 1. The third-order valence-corrected chi connectivity index (χ3v) is 3.78. The number of benzene rings is 2. The Morgan fingerprint density at radius 2 is 1.81 bits per heavy atom. The maximum absolute atomic E-state index is 13.1. The molecule has 0 atom stereocenters. The summed E-state index contributed by atoms with van der Waals surface area (Å²) in [6.07, 6.45) is 0. The molecule has 2 nitrogen and oxygen atoms in total. The predicted octanol–water partition coefficient (Wildman–Crippen LogP) is 5.35. The van der Waals surface area contributed by atoms with Crippen LogP contribution in [0.3, 0.4) is 0 Å². The first-order chi connectivity index (χ1) is 10.1. The largest absolute Gasteiger partial charge is 0.490 e. The van der Waals surface area contributed by atoms with Crippen LogP contribution in [0.4, 0.5) is 4.39 Å². The average Bonchev–Trinajstić information content (AvgIpc) is 2.49. The zero-order valence-electron chi connectivity index (χ0n) is 11.5. The quantitative estimate of drug-likeness (QED) is 0.635. The van der Waals surface area contributed by atoms with Crippen molar-refractivity contribution < 1.29 is 13.9 Å². The van der Waals surface area contributed by atoms with Gasteiger partial charge in [-0.3, -0.25) is 0 Å². The number of rotatable bonds is 6. The molecule has 2 aromatic rings. The Hall–Kier alpha value is -1.26. The molecule has 2 rings (SSSR count). The van der Waals surface area contributed by atoms with Gasteiger partial charge in [0.1, 0.15) is 12.4 Å². The van der Waals surface area contributed by atoms with E-state index in [1.807, 2.05) is 25.1 Å².